The van der Waals surface area contributed by atoms with E-state index in [0.717, 1.165) is 18.4 Å². The minimum Gasteiger partial charge on any atom is -0.369 e. The maximum absolute atomic E-state index is 11.0. The Morgan fingerprint density at radius 2 is 2.08 bits per heavy atom. The summed E-state index contributed by atoms with van der Waals surface area (Å²) >= 11 is 0. The molecular weight excluding hydrogens is 186 g/mol. The summed E-state index contributed by atoms with van der Waals surface area (Å²) in [6.45, 7) is 0. The zero-order valence-corrected chi connectivity index (χ0v) is 8.01. The van der Waals surface area contributed by atoms with Crippen molar-refractivity contribution in [2.45, 2.75) is 18.8 Å². The van der Waals surface area contributed by atoms with Crippen molar-refractivity contribution in [3.8, 4) is 0 Å². The summed E-state index contributed by atoms with van der Waals surface area (Å²) in [4.78, 5) is 11.0. The van der Waals surface area contributed by atoms with Crippen LogP contribution in [0, 0.1) is 0 Å². The number of rotatable bonds is 1. The summed E-state index contributed by atoms with van der Waals surface area (Å²) in [5.41, 5.74) is 7.68. The normalized spacial score (nSPS) is 18.9. The Hall–Kier alpha value is -1.02. The molecule has 0 spiro atoms. The third-order valence-electron chi connectivity index (χ3n) is 2.48. The monoisotopic (exact) mass is 197 g/mol. The molecule has 1 amide bonds. The third kappa shape index (κ3) is 1.68. The van der Waals surface area contributed by atoms with Gasteiger partial charge in [-0.1, -0.05) is 24.3 Å². The summed E-state index contributed by atoms with van der Waals surface area (Å²) in [7, 11) is 0. The Balaban J connectivity index is 0.000000845. The van der Waals surface area contributed by atoms with E-state index in [1.807, 2.05) is 18.2 Å². The highest BCUT2D eigenvalue weighted by molar-refractivity contribution is 5.85. The second-order valence-corrected chi connectivity index (χ2v) is 3.19. The van der Waals surface area contributed by atoms with Crippen LogP contribution in [0.2, 0.25) is 0 Å². The van der Waals surface area contributed by atoms with Gasteiger partial charge in [-0.05, 0) is 24.0 Å². The van der Waals surface area contributed by atoms with Crippen molar-refractivity contribution in [2.75, 3.05) is 0 Å². The number of fused-ring (bicyclic) bond motifs is 1. The summed E-state index contributed by atoms with van der Waals surface area (Å²) in [6, 6.07) is 8.03. The highest BCUT2D eigenvalue weighted by atomic mass is 35.5. The van der Waals surface area contributed by atoms with Crippen LogP contribution in [-0.2, 0) is 11.2 Å². The average molecular weight is 198 g/mol. The minimum atomic E-state index is -0.194. The van der Waals surface area contributed by atoms with E-state index < -0.39 is 0 Å². The van der Waals surface area contributed by atoms with Crippen LogP contribution in [0.1, 0.15) is 23.5 Å². The Labute approximate surface area is 83.5 Å². The van der Waals surface area contributed by atoms with Crippen LogP contribution < -0.4 is 5.73 Å². The molecule has 2 N–H and O–H groups in total. The molecule has 1 atom stereocenters. The number of primary amides is 1. The number of halogens is 1. The molecule has 0 saturated heterocycles. The minimum absolute atomic E-state index is 0. The predicted molar refractivity (Wildman–Crippen MR) is 53.9 cm³/mol. The molecule has 1 unspecified atom stereocenters. The molecule has 1 aliphatic rings. The van der Waals surface area contributed by atoms with Gasteiger partial charge in [-0.3, -0.25) is 4.79 Å². The lowest BCUT2D eigenvalue weighted by atomic mass is 10.0. The van der Waals surface area contributed by atoms with Crippen molar-refractivity contribution in [1.82, 2.24) is 0 Å². The number of carbonyl (C=O) groups excluding carboxylic acids is 1. The standard InChI is InChI=1S/C10H11NO.ClH/c11-10(12)9-6-5-7-3-1-2-4-8(7)9;/h1-4,9H,5-6H2,(H2,11,12);1H. The summed E-state index contributed by atoms with van der Waals surface area (Å²) < 4.78 is 0. The Kier molecular flexibility index (Phi) is 2.94. The zero-order chi connectivity index (χ0) is 8.55. The lowest BCUT2D eigenvalue weighted by Gasteiger charge is -2.05. The van der Waals surface area contributed by atoms with Crippen LogP contribution >= 0.6 is 12.4 Å². The van der Waals surface area contributed by atoms with Crippen molar-refractivity contribution >= 4 is 18.3 Å². The molecule has 0 fully saturated rings. The fraction of sp³-hybridized carbons (Fsp3) is 0.300. The third-order valence-corrected chi connectivity index (χ3v) is 2.48. The van der Waals surface area contributed by atoms with E-state index in [1.54, 1.807) is 0 Å². The molecule has 1 aromatic rings. The van der Waals surface area contributed by atoms with Gasteiger partial charge in [0.2, 0.25) is 5.91 Å². The lowest BCUT2D eigenvalue weighted by molar-refractivity contribution is -0.119. The van der Waals surface area contributed by atoms with Gasteiger partial charge in [0.25, 0.3) is 0 Å². The molecule has 70 valence electrons. The molecule has 0 saturated carbocycles. The number of nitrogens with two attached hydrogens (primary N) is 1. The number of aryl methyl sites for hydroxylation is 1. The molecule has 1 aliphatic carbocycles. The van der Waals surface area contributed by atoms with Gasteiger partial charge in [0.15, 0.2) is 0 Å². The largest absolute Gasteiger partial charge is 0.369 e. The molecular formula is C10H12ClNO. The zero-order valence-electron chi connectivity index (χ0n) is 7.19. The van der Waals surface area contributed by atoms with Gasteiger partial charge in [-0.25, -0.2) is 0 Å². The quantitative estimate of drug-likeness (QED) is 0.731. The Morgan fingerprint density at radius 1 is 1.38 bits per heavy atom. The topological polar surface area (TPSA) is 43.1 Å². The fourth-order valence-electron chi connectivity index (χ4n) is 1.85. The molecule has 2 rings (SSSR count). The molecule has 2 nitrogen and oxygen atoms in total. The van der Waals surface area contributed by atoms with Gasteiger partial charge in [0.05, 0.1) is 5.92 Å². The number of hydrogen-bond acceptors (Lipinski definition) is 1. The molecule has 13 heavy (non-hydrogen) atoms. The van der Waals surface area contributed by atoms with Crippen LogP contribution in [0.15, 0.2) is 24.3 Å². The van der Waals surface area contributed by atoms with Crippen LogP contribution in [0.3, 0.4) is 0 Å². The van der Waals surface area contributed by atoms with Crippen molar-refractivity contribution < 1.29 is 4.79 Å². The van der Waals surface area contributed by atoms with E-state index in [4.69, 9.17) is 5.73 Å². The maximum Gasteiger partial charge on any atom is 0.224 e. The van der Waals surface area contributed by atoms with Gasteiger partial charge < -0.3 is 5.73 Å². The van der Waals surface area contributed by atoms with Crippen LogP contribution in [0.25, 0.3) is 0 Å². The Bertz CT molecular complexity index is 324. The molecule has 3 heteroatoms. The fourth-order valence-corrected chi connectivity index (χ4v) is 1.85. The van der Waals surface area contributed by atoms with Crippen LogP contribution in [0.4, 0.5) is 0 Å². The number of amides is 1. The van der Waals surface area contributed by atoms with E-state index in [2.05, 4.69) is 6.07 Å². The van der Waals surface area contributed by atoms with Crippen molar-refractivity contribution in [1.29, 1.82) is 0 Å². The van der Waals surface area contributed by atoms with E-state index in [1.165, 1.54) is 5.56 Å². The molecule has 0 bridgehead atoms. The molecule has 0 aliphatic heterocycles. The van der Waals surface area contributed by atoms with Crippen molar-refractivity contribution in [3.63, 3.8) is 0 Å². The van der Waals surface area contributed by atoms with Gasteiger partial charge in [-0.2, -0.15) is 0 Å². The second kappa shape index (κ2) is 3.79. The summed E-state index contributed by atoms with van der Waals surface area (Å²) in [5, 5.41) is 0. The summed E-state index contributed by atoms with van der Waals surface area (Å²) in [5.74, 6) is -0.235. The summed E-state index contributed by atoms with van der Waals surface area (Å²) in [6.07, 6.45) is 1.87. The lowest BCUT2D eigenvalue weighted by Crippen LogP contribution is -2.19. The maximum atomic E-state index is 11.0. The van der Waals surface area contributed by atoms with Crippen LogP contribution in [0.5, 0.6) is 0 Å². The second-order valence-electron chi connectivity index (χ2n) is 3.19. The predicted octanol–water partition coefficient (Wildman–Crippen LogP) is 1.62. The van der Waals surface area contributed by atoms with E-state index in [-0.39, 0.29) is 24.2 Å². The van der Waals surface area contributed by atoms with Gasteiger partial charge >= 0.3 is 0 Å². The van der Waals surface area contributed by atoms with Gasteiger partial charge in [0.1, 0.15) is 0 Å². The molecule has 1 aromatic carbocycles. The highest BCUT2D eigenvalue weighted by Crippen LogP contribution is 2.32. The van der Waals surface area contributed by atoms with Crippen molar-refractivity contribution in [3.05, 3.63) is 35.4 Å². The molecule has 0 heterocycles. The van der Waals surface area contributed by atoms with E-state index in [9.17, 15) is 4.79 Å². The molecule has 0 aromatic heterocycles. The number of benzene rings is 1. The first kappa shape index (κ1) is 10.1. The first-order valence-corrected chi connectivity index (χ1v) is 4.16. The average Bonchev–Trinajstić information content (AvgIpc) is 2.47. The van der Waals surface area contributed by atoms with E-state index >= 15 is 0 Å². The number of carbonyl (C=O) groups is 1. The van der Waals surface area contributed by atoms with E-state index in [0.29, 0.717) is 0 Å². The highest BCUT2D eigenvalue weighted by Gasteiger charge is 2.25. The first-order valence-electron chi connectivity index (χ1n) is 4.16. The number of hydrogen-bond donors (Lipinski definition) is 1. The van der Waals surface area contributed by atoms with Gasteiger partial charge in [-0.15, -0.1) is 12.4 Å². The Morgan fingerprint density at radius 3 is 2.77 bits per heavy atom. The smallest absolute Gasteiger partial charge is 0.224 e. The van der Waals surface area contributed by atoms with Crippen molar-refractivity contribution in [2.24, 2.45) is 5.73 Å². The van der Waals surface area contributed by atoms with Crippen LogP contribution in [-0.4, -0.2) is 5.91 Å². The first-order chi connectivity index (χ1) is 5.79. The van der Waals surface area contributed by atoms with Gasteiger partial charge in [0, 0.05) is 0 Å². The SMILES string of the molecule is Cl.NC(=O)C1CCc2ccccc21. The molecule has 0 radical (unpaired) electrons.